The molecule has 0 aliphatic carbocycles. The average Bonchev–Trinajstić information content (AvgIpc) is 0.766. The Balaban J connectivity index is 0.658. The molecule has 11 aromatic rings. The van der Waals surface area contributed by atoms with Crippen LogP contribution in [0.2, 0.25) is 0 Å². The fourth-order valence-corrected chi connectivity index (χ4v) is 13.3. The highest BCUT2D eigenvalue weighted by Gasteiger charge is 2.43. The van der Waals surface area contributed by atoms with Crippen molar-refractivity contribution >= 4 is 125 Å². The van der Waals surface area contributed by atoms with E-state index < -0.39 is 83.9 Å². The summed E-state index contributed by atoms with van der Waals surface area (Å²) in [4.78, 5) is 151. The highest BCUT2D eigenvalue weighted by Crippen LogP contribution is 2.46. The third kappa shape index (κ3) is 15.6. The molecule has 0 bridgehead atoms. The van der Waals surface area contributed by atoms with Crippen LogP contribution in [0.1, 0.15) is 75.1 Å². The van der Waals surface area contributed by atoms with Gasteiger partial charge in [-0.3, -0.25) is 28.8 Å². The van der Waals surface area contributed by atoms with E-state index in [1.165, 1.54) is 117 Å². The molecule has 34 heteroatoms. The molecule has 2 aliphatic rings. The zero-order chi connectivity index (χ0) is 72.7. The molecule has 0 fully saturated rings. The number of aliphatic hydroxyl groups is 2. The molecule has 104 heavy (non-hydrogen) atoms. The number of hydrogen-bond donors (Lipinski definition) is 8. The van der Waals surface area contributed by atoms with E-state index >= 15 is 0 Å². The van der Waals surface area contributed by atoms with Crippen LogP contribution < -0.4 is 21.6 Å². The maximum absolute atomic E-state index is 14.7. The van der Waals surface area contributed by atoms with E-state index in [0.717, 1.165) is 11.1 Å². The number of aromatic hydroxyl groups is 2. The van der Waals surface area contributed by atoms with E-state index in [1.54, 1.807) is 36.4 Å². The van der Waals surface area contributed by atoms with Gasteiger partial charge in [-0.05, 0) is 137 Å². The number of imide groups is 6. The molecule has 6 heterocycles. The second-order valence-corrected chi connectivity index (χ2v) is 25.6. The Morgan fingerprint density at radius 1 is 0.452 bits per heavy atom. The van der Waals surface area contributed by atoms with Crippen molar-refractivity contribution in [2.24, 2.45) is 0 Å². The van der Waals surface area contributed by atoms with Gasteiger partial charge in [0.25, 0.3) is 23.6 Å². The Kier molecular flexibility index (Phi) is 21.0. The van der Waals surface area contributed by atoms with Gasteiger partial charge in [-0.15, -0.1) is 21.2 Å². The van der Waals surface area contributed by atoms with E-state index in [4.69, 9.17) is 28.6 Å². The molecule has 13 rings (SSSR count). The number of benzene rings is 7. The number of aliphatic hydroxyl groups excluding tert-OH is 2. The molecule has 4 atom stereocenters. The molecule has 32 nitrogen and oxygen atoms in total. The summed E-state index contributed by atoms with van der Waals surface area (Å²) in [7, 11) is 0. The summed E-state index contributed by atoms with van der Waals surface area (Å²) in [6, 6.07) is 21.5. The molecular weight excluding hydrogens is 1390 g/mol. The van der Waals surface area contributed by atoms with Gasteiger partial charge in [0.15, 0.2) is 0 Å². The van der Waals surface area contributed by atoms with Gasteiger partial charge in [-0.1, -0.05) is 59.0 Å². The first-order valence-electron chi connectivity index (χ1n) is 32.0. The van der Waals surface area contributed by atoms with Gasteiger partial charge in [-0.25, -0.2) is 28.5 Å². The molecule has 8 amide bonds. The van der Waals surface area contributed by atoms with Crippen LogP contribution in [0, 0.1) is 0 Å². The second-order valence-electron chi connectivity index (χ2n) is 24.1. The number of hydrogen-bond acceptors (Lipinski definition) is 28. The number of ether oxygens (including phenoxy) is 4. The van der Waals surface area contributed by atoms with Gasteiger partial charge in [-0.2, -0.15) is 32.5 Å². The summed E-state index contributed by atoms with van der Waals surface area (Å²) < 4.78 is 23.8. The number of nitrogens with zero attached hydrogens (tertiary/aromatic N) is 8. The predicted molar refractivity (Wildman–Crippen MR) is 365 cm³/mol. The van der Waals surface area contributed by atoms with E-state index in [-0.39, 0.29) is 135 Å². The lowest BCUT2D eigenvalue weighted by Gasteiger charge is -2.30. The van der Waals surface area contributed by atoms with Gasteiger partial charge in [0, 0.05) is 45.9 Å². The molecule has 0 radical (unpaired) electrons. The number of thiophene rings is 2. The molecule has 2 aliphatic heterocycles. The van der Waals surface area contributed by atoms with Gasteiger partial charge in [0.1, 0.15) is 62.5 Å². The van der Waals surface area contributed by atoms with E-state index in [0.29, 0.717) is 53.2 Å². The van der Waals surface area contributed by atoms with Crippen LogP contribution >= 0.6 is 22.7 Å². The second kappa shape index (κ2) is 31.1. The highest BCUT2D eigenvalue weighted by atomic mass is 32.1. The lowest BCUT2D eigenvalue weighted by Crippen LogP contribution is -2.54. The summed E-state index contributed by atoms with van der Waals surface area (Å²) >= 11 is 2.89. The van der Waals surface area contributed by atoms with Crippen molar-refractivity contribution in [1.29, 1.82) is 0 Å². The number of phenols is 2. The quantitative estimate of drug-likeness (QED) is 0.00731. The molecule has 4 unspecified atom stereocenters. The Bertz CT molecular complexity index is 4670. The number of rotatable bonds is 30. The summed E-state index contributed by atoms with van der Waals surface area (Å²) in [5.41, 5.74) is 7.77. The summed E-state index contributed by atoms with van der Waals surface area (Å²) in [5.74, 6) is -7.39. The summed E-state index contributed by atoms with van der Waals surface area (Å²) in [6.45, 7) is -1.67. The van der Waals surface area contributed by atoms with Crippen LogP contribution in [-0.4, -0.2) is 171 Å². The Morgan fingerprint density at radius 3 is 1.16 bits per heavy atom. The van der Waals surface area contributed by atoms with E-state index in [2.05, 4.69) is 42.2 Å². The van der Waals surface area contributed by atoms with Crippen LogP contribution in [0.25, 0.3) is 43.1 Å². The minimum atomic E-state index is -1.55. The molecule has 0 saturated heterocycles. The molecule has 532 valence electrons. The average molecular weight is 1450 g/mol. The maximum Gasteiger partial charge on any atom is 0.347 e. The van der Waals surface area contributed by atoms with Crippen molar-refractivity contribution in [2.45, 2.75) is 76.5 Å². The topological polar surface area (TPSA) is 423 Å². The minimum Gasteiger partial charge on any atom is -0.508 e. The zero-order valence-corrected chi connectivity index (χ0v) is 56.0. The summed E-state index contributed by atoms with van der Waals surface area (Å²) in [6.07, 6.45) is 0.327. The van der Waals surface area contributed by atoms with Crippen molar-refractivity contribution in [1.82, 2.24) is 61.4 Å². The smallest absolute Gasteiger partial charge is 0.347 e. The first-order chi connectivity index (χ1) is 50.3. The lowest BCUT2D eigenvalue weighted by molar-refractivity contribution is -0.154. The van der Waals surface area contributed by atoms with E-state index in [9.17, 15) is 68.4 Å². The molecule has 7 aromatic carbocycles. The Morgan fingerprint density at radius 2 is 0.817 bits per heavy atom. The standard InChI is InChI=1S/C70H60N12O20S2/c83-43-5-1-37(2-6-43)21-55(67(93)101-71-25-41-27-79(77-75-41)35-97-29-45(85)31-99-57(87)23-39-17-19-103-33-39)73-69(95)81-63(89)51-13-9-47-49-11-15-53-62-54(16-12-50(60(49)62)48-10-14-52(64(81)90)61(51)59(47)48)66(92)82(65(53)91)70(96)74-56(22-38-3-7-44(84)8-4-38)68(94)102-72-26-42-28-80(78-76-42)36-98-30-46(86)32-100-58(88)24-40-18-20-104-34-40/h1-20,27-28,33-34,45-46,55-56,71-72,83-86H,21-26,29-32,35-36H2,(H,73,95)(H,74,96). The van der Waals surface area contributed by atoms with Crippen LogP contribution in [-0.2, 0) is 100 Å². The Labute approximate surface area is 594 Å². The molecule has 0 spiro atoms. The minimum absolute atomic E-state index is 0.0512. The number of urea groups is 2. The van der Waals surface area contributed by atoms with Crippen LogP contribution in [0.3, 0.4) is 0 Å². The number of nitrogens with one attached hydrogen (secondary N) is 4. The molecule has 8 N–H and O–H groups in total. The van der Waals surface area contributed by atoms with Crippen molar-refractivity contribution < 1.29 is 97.0 Å². The molecule has 4 aromatic heterocycles. The first kappa shape index (κ1) is 70.4. The number of fused-ring (bicyclic) bond motifs is 2. The maximum atomic E-state index is 14.7. The number of aromatic nitrogens is 6. The number of carbonyl (C=O) groups is 10. The van der Waals surface area contributed by atoms with E-state index in [1.807, 2.05) is 21.5 Å². The lowest BCUT2D eigenvalue weighted by atomic mass is 9.82. The van der Waals surface area contributed by atoms with Crippen molar-refractivity contribution in [3.8, 4) is 11.5 Å². The van der Waals surface area contributed by atoms with Crippen LogP contribution in [0.4, 0.5) is 9.59 Å². The number of hydroxylamine groups is 2. The fourth-order valence-electron chi connectivity index (χ4n) is 11.9. The van der Waals surface area contributed by atoms with Crippen LogP contribution in [0.15, 0.2) is 143 Å². The first-order valence-corrected chi connectivity index (χ1v) is 33.9. The summed E-state index contributed by atoms with van der Waals surface area (Å²) in [5, 5.41) is 71.9. The fraction of sp³-hybridized carbons (Fsp3) is 0.229. The number of amides is 8. The number of carbonyl (C=O) groups excluding carboxylic acids is 10. The third-order valence-corrected chi connectivity index (χ3v) is 18.2. The van der Waals surface area contributed by atoms with Gasteiger partial charge < -0.3 is 59.7 Å². The van der Waals surface area contributed by atoms with Crippen LogP contribution in [0.5, 0.6) is 11.5 Å². The van der Waals surface area contributed by atoms with Crippen molar-refractivity contribution in [3.05, 3.63) is 199 Å². The number of esters is 2. The third-order valence-electron chi connectivity index (χ3n) is 16.8. The molecule has 0 saturated carbocycles. The largest absolute Gasteiger partial charge is 0.508 e. The SMILES string of the molecule is O=C(Cc1ccsc1)OCC(O)COCn1cc(CNOC(=O)C(Cc2ccc(O)cc2)NC(=O)N2C(=O)c3ccc4c5ccc6c7c(ccc(c8ccc(c3c48)C2=O)c75)C(=O)N(C(=O)NC(Cc2ccc(O)cc2)C(=O)ONCc2cn(COCC(O)COC(=O)Cc3ccsc3)nn2)C6=O)nn1. The van der Waals surface area contributed by atoms with Gasteiger partial charge in [0.2, 0.25) is 0 Å². The highest BCUT2D eigenvalue weighted by molar-refractivity contribution is 7.08. The number of phenolic OH excluding ortho intramolecular Hbond substituents is 2. The Hall–Kier alpha value is -12.0. The van der Waals surface area contributed by atoms with Gasteiger partial charge >= 0.3 is 35.9 Å². The van der Waals surface area contributed by atoms with Crippen molar-refractivity contribution in [3.63, 3.8) is 0 Å². The monoisotopic (exact) mass is 1450 g/mol. The zero-order valence-electron chi connectivity index (χ0n) is 54.4. The van der Waals surface area contributed by atoms with Gasteiger partial charge in [0.05, 0.1) is 62.9 Å². The van der Waals surface area contributed by atoms with Crippen molar-refractivity contribution in [2.75, 3.05) is 26.4 Å². The predicted octanol–water partition coefficient (Wildman–Crippen LogP) is 5.03. The molecular formula is C70H60N12O20S2. The normalized spacial score (nSPS) is 13.9.